The molecule has 4 aliphatic rings. The quantitative estimate of drug-likeness (QED) is 0.409. The van der Waals surface area contributed by atoms with E-state index in [4.69, 9.17) is 0 Å². The van der Waals surface area contributed by atoms with E-state index in [1.54, 1.807) is 7.05 Å². The summed E-state index contributed by atoms with van der Waals surface area (Å²) in [6, 6.07) is -1.34. The smallest absolute Gasteiger partial charge is 0.401 e. The van der Waals surface area contributed by atoms with E-state index in [1.807, 2.05) is 0 Å². The first kappa shape index (κ1) is 30.7. The number of nitrogens with one attached hydrogen (secondary N) is 2. The molecule has 0 aromatic carbocycles. The molecule has 4 fully saturated rings. The van der Waals surface area contributed by atoms with Gasteiger partial charge in [-0.05, 0) is 56.3 Å². The van der Waals surface area contributed by atoms with Crippen LogP contribution in [0.1, 0.15) is 63.8 Å². The molecule has 1 amide bonds. The largest absolute Gasteiger partial charge is 0.480 e. The van der Waals surface area contributed by atoms with Crippen LogP contribution in [0.2, 0.25) is 0 Å². The molecule has 234 valence electrons. The fourth-order valence-corrected chi connectivity index (χ4v) is 8.19. The first-order valence-electron chi connectivity index (χ1n) is 14.8. The zero-order chi connectivity index (χ0) is 30.3. The SMILES string of the molecule is Cn1ccc(=O)n(C2CCCC3C(C[C@H](NC(=O)C4CC5NCN(CC(F)(F)F)C5CC4F)C(=O)O)CCCC32)c1=O. The number of carbonyl (C=O) groups excluding carboxylic acids is 1. The second-order valence-electron chi connectivity index (χ2n) is 12.6. The Kier molecular flexibility index (Phi) is 8.85. The number of aliphatic carboxylic acids is 1. The first-order valence-corrected chi connectivity index (χ1v) is 14.8. The number of alkyl halides is 4. The van der Waals surface area contributed by atoms with Crippen molar-refractivity contribution in [3.8, 4) is 0 Å². The van der Waals surface area contributed by atoms with E-state index in [1.165, 1.54) is 21.4 Å². The molecular formula is C28H39F4N5O5. The van der Waals surface area contributed by atoms with E-state index in [-0.39, 0.29) is 61.0 Å². The highest BCUT2D eigenvalue weighted by Crippen LogP contribution is 2.49. The van der Waals surface area contributed by atoms with Gasteiger partial charge in [0.2, 0.25) is 5.91 Å². The fraction of sp³-hybridized carbons (Fsp3) is 0.786. The van der Waals surface area contributed by atoms with Crippen LogP contribution in [-0.2, 0) is 16.6 Å². The minimum atomic E-state index is -4.42. The summed E-state index contributed by atoms with van der Waals surface area (Å²) in [6.07, 6.45) is -0.147. The monoisotopic (exact) mass is 601 g/mol. The van der Waals surface area contributed by atoms with Gasteiger partial charge in [0.05, 0.1) is 12.5 Å². The Morgan fingerprint density at radius 1 is 1.10 bits per heavy atom. The maximum atomic E-state index is 15.2. The van der Waals surface area contributed by atoms with Crippen molar-refractivity contribution in [3.05, 3.63) is 33.1 Å². The summed E-state index contributed by atoms with van der Waals surface area (Å²) >= 11 is 0. The topological polar surface area (TPSA) is 126 Å². The van der Waals surface area contributed by atoms with Crippen molar-refractivity contribution in [3.63, 3.8) is 0 Å². The van der Waals surface area contributed by atoms with E-state index in [9.17, 15) is 37.5 Å². The molecule has 1 aromatic rings. The number of hydrogen-bond donors (Lipinski definition) is 3. The first-order chi connectivity index (χ1) is 19.8. The van der Waals surface area contributed by atoms with Gasteiger partial charge < -0.3 is 15.0 Å². The van der Waals surface area contributed by atoms with Gasteiger partial charge in [0.1, 0.15) is 12.2 Å². The summed E-state index contributed by atoms with van der Waals surface area (Å²) in [5.41, 5.74) is -0.727. The van der Waals surface area contributed by atoms with E-state index in [2.05, 4.69) is 10.6 Å². The van der Waals surface area contributed by atoms with Crippen LogP contribution in [0.5, 0.6) is 0 Å². The molecule has 0 radical (unpaired) electrons. The third-order valence-electron chi connectivity index (χ3n) is 10.1. The maximum absolute atomic E-state index is 15.2. The number of nitrogens with zero attached hydrogens (tertiary/aromatic N) is 3. The van der Waals surface area contributed by atoms with Crippen molar-refractivity contribution in [1.29, 1.82) is 0 Å². The van der Waals surface area contributed by atoms with Crippen molar-refractivity contribution in [2.75, 3.05) is 13.2 Å². The lowest BCUT2D eigenvalue weighted by Gasteiger charge is -2.46. The third kappa shape index (κ3) is 6.29. The van der Waals surface area contributed by atoms with Crippen molar-refractivity contribution >= 4 is 11.9 Å². The Balaban J connectivity index is 1.25. The van der Waals surface area contributed by atoms with Crippen LogP contribution >= 0.6 is 0 Å². The minimum absolute atomic E-state index is 0.0189. The van der Waals surface area contributed by atoms with Crippen molar-refractivity contribution in [2.24, 2.45) is 30.7 Å². The number of fused-ring (bicyclic) bond motifs is 2. The molecule has 9 atom stereocenters. The van der Waals surface area contributed by atoms with Gasteiger partial charge in [-0.1, -0.05) is 19.3 Å². The number of carboxylic acids is 1. The number of rotatable bonds is 7. The molecule has 2 heterocycles. The number of carbonyl (C=O) groups is 2. The zero-order valence-corrected chi connectivity index (χ0v) is 23.6. The number of aromatic nitrogens is 2. The number of hydrogen-bond acceptors (Lipinski definition) is 6. The lowest BCUT2D eigenvalue weighted by atomic mass is 9.62. The van der Waals surface area contributed by atoms with Gasteiger partial charge in [0.15, 0.2) is 0 Å². The Morgan fingerprint density at radius 3 is 2.52 bits per heavy atom. The van der Waals surface area contributed by atoms with Crippen LogP contribution in [0.3, 0.4) is 0 Å². The third-order valence-corrected chi connectivity index (χ3v) is 10.1. The molecular weight excluding hydrogens is 562 g/mol. The van der Waals surface area contributed by atoms with Gasteiger partial charge in [0.25, 0.3) is 5.56 Å². The zero-order valence-electron chi connectivity index (χ0n) is 23.6. The van der Waals surface area contributed by atoms with Crippen LogP contribution in [0.4, 0.5) is 17.6 Å². The van der Waals surface area contributed by atoms with E-state index in [0.717, 1.165) is 37.0 Å². The van der Waals surface area contributed by atoms with Crippen LogP contribution in [0, 0.1) is 23.7 Å². The van der Waals surface area contributed by atoms with Crippen molar-refractivity contribution in [1.82, 2.24) is 24.7 Å². The van der Waals surface area contributed by atoms with Crippen LogP contribution in [0.15, 0.2) is 21.9 Å². The van der Waals surface area contributed by atoms with Crippen molar-refractivity contribution < 1.29 is 32.3 Å². The Morgan fingerprint density at radius 2 is 1.81 bits per heavy atom. The molecule has 5 rings (SSSR count). The Labute approximate surface area is 240 Å². The molecule has 1 aliphatic heterocycles. The van der Waals surface area contributed by atoms with Gasteiger partial charge in [-0.25, -0.2) is 14.0 Å². The molecule has 42 heavy (non-hydrogen) atoms. The molecule has 8 unspecified atom stereocenters. The van der Waals surface area contributed by atoms with Crippen LogP contribution in [-0.4, -0.2) is 74.7 Å². The summed E-state index contributed by atoms with van der Waals surface area (Å²) in [7, 11) is 1.60. The molecule has 3 N–H and O–H groups in total. The van der Waals surface area contributed by atoms with Gasteiger partial charge in [-0.3, -0.25) is 24.4 Å². The van der Waals surface area contributed by atoms with Gasteiger partial charge in [-0.2, -0.15) is 13.2 Å². The van der Waals surface area contributed by atoms with E-state index < -0.39 is 54.8 Å². The lowest BCUT2D eigenvalue weighted by molar-refractivity contribution is -0.151. The highest BCUT2D eigenvalue weighted by atomic mass is 19.4. The number of aryl methyl sites for hydroxylation is 1. The second kappa shape index (κ2) is 12.1. The molecule has 14 heteroatoms. The maximum Gasteiger partial charge on any atom is 0.401 e. The molecule has 1 aromatic heterocycles. The summed E-state index contributed by atoms with van der Waals surface area (Å²) in [4.78, 5) is 52.2. The summed E-state index contributed by atoms with van der Waals surface area (Å²) in [5.74, 6) is -3.11. The number of amides is 1. The van der Waals surface area contributed by atoms with Gasteiger partial charge >= 0.3 is 17.8 Å². The lowest BCUT2D eigenvalue weighted by Crippen LogP contribution is -2.54. The van der Waals surface area contributed by atoms with Gasteiger partial charge in [0, 0.05) is 44.1 Å². The van der Waals surface area contributed by atoms with E-state index >= 15 is 4.39 Å². The van der Waals surface area contributed by atoms with Crippen LogP contribution < -0.4 is 21.9 Å². The number of halogens is 4. The number of carboxylic acid groups (broad SMARTS) is 1. The predicted molar refractivity (Wildman–Crippen MR) is 143 cm³/mol. The van der Waals surface area contributed by atoms with Gasteiger partial charge in [-0.15, -0.1) is 0 Å². The summed E-state index contributed by atoms with van der Waals surface area (Å²) < 4.78 is 56.7. The Hall–Kier alpha value is -2.74. The normalized spacial score (nSPS) is 34.3. The van der Waals surface area contributed by atoms with Crippen LogP contribution in [0.25, 0.3) is 0 Å². The second-order valence-corrected chi connectivity index (χ2v) is 12.6. The summed E-state index contributed by atoms with van der Waals surface area (Å²) in [5, 5.41) is 15.5. The Bertz CT molecular complexity index is 1280. The average Bonchev–Trinajstić information content (AvgIpc) is 3.30. The van der Waals surface area contributed by atoms with E-state index in [0.29, 0.717) is 6.42 Å². The van der Waals surface area contributed by atoms with Crippen molar-refractivity contribution in [2.45, 2.75) is 94.3 Å². The highest BCUT2D eigenvalue weighted by molar-refractivity contribution is 5.85. The summed E-state index contributed by atoms with van der Waals surface area (Å²) in [6.45, 7) is -1.22. The minimum Gasteiger partial charge on any atom is -0.480 e. The fourth-order valence-electron chi connectivity index (χ4n) is 8.19. The molecule has 3 aliphatic carbocycles. The molecule has 0 bridgehead atoms. The molecule has 10 nitrogen and oxygen atoms in total. The molecule has 0 spiro atoms. The highest BCUT2D eigenvalue weighted by Gasteiger charge is 2.49. The molecule has 1 saturated heterocycles. The standard InChI is InChI=1S/C28H39F4N5O5/c1-35-9-8-24(38)37(27(35)42)22-7-3-5-16-15(4-2-6-17(16)22)10-21(26(40)41)34-25(39)18-11-20-23(12-19(18)29)36(14-33-20)13-28(30,31)32/h8-9,15-23,33H,2-7,10-14H2,1H3,(H,34,39)(H,40,41)/t15?,16?,17?,18?,19?,20?,21-,22?,23?/m0/s1. The average molecular weight is 602 g/mol. The predicted octanol–water partition coefficient (Wildman–Crippen LogP) is 2.17. The molecule has 3 saturated carbocycles.